The summed E-state index contributed by atoms with van der Waals surface area (Å²) in [6, 6.07) is 0. The molecule has 0 radical (unpaired) electrons. The molecule has 0 aromatic carbocycles. The van der Waals surface area contributed by atoms with Crippen LogP contribution in [-0.2, 0) is 4.79 Å². The molecule has 0 N–H and O–H groups in total. The van der Waals surface area contributed by atoms with Crippen molar-refractivity contribution in [2.75, 3.05) is 0 Å². The maximum Gasteiger partial charge on any atom is 0.123 e. The lowest BCUT2D eigenvalue weighted by atomic mass is 9.71. The predicted octanol–water partition coefficient (Wildman–Crippen LogP) is 5.38. The average Bonchev–Trinajstić information content (AvgIpc) is 2.47. The van der Waals surface area contributed by atoms with Crippen LogP contribution in [-0.4, -0.2) is 6.29 Å². The van der Waals surface area contributed by atoms with E-state index in [9.17, 15) is 4.79 Å². The van der Waals surface area contributed by atoms with Crippen molar-refractivity contribution in [1.82, 2.24) is 0 Å². The van der Waals surface area contributed by atoms with Gasteiger partial charge < -0.3 is 4.79 Å². The van der Waals surface area contributed by atoms with Gasteiger partial charge in [0.05, 0.1) is 0 Å². The van der Waals surface area contributed by atoms with Gasteiger partial charge in [-0.15, -0.1) is 0 Å². The van der Waals surface area contributed by atoms with Gasteiger partial charge in [-0.05, 0) is 37.0 Å². The average molecular weight is 264 g/mol. The molecule has 2 rings (SSSR count). The van der Waals surface area contributed by atoms with Crippen molar-refractivity contribution in [1.29, 1.82) is 0 Å². The molecule has 2 saturated carbocycles. The van der Waals surface area contributed by atoms with Crippen molar-refractivity contribution in [3.63, 3.8) is 0 Å². The van der Waals surface area contributed by atoms with Crippen LogP contribution in [0.5, 0.6) is 0 Å². The maximum absolute atomic E-state index is 11.2. The Morgan fingerprint density at radius 3 is 2.32 bits per heavy atom. The second-order valence-electron chi connectivity index (χ2n) is 7.11. The monoisotopic (exact) mass is 264 g/mol. The van der Waals surface area contributed by atoms with Crippen molar-refractivity contribution in [3.05, 3.63) is 0 Å². The minimum absolute atomic E-state index is 0.395. The van der Waals surface area contributed by atoms with Crippen LogP contribution in [0, 0.1) is 23.7 Å². The Morgan fingerprint density at radius 1 is 0.947 bits per heavy atom. The van der Waals surface area contributed by atoms with Gasteiger partial charge >= 0.3 is 0 Å². The van der Waals surface area contributed by atoms with Crippen molar-refractivity contribution in [2.24, 2.45) is 23.7 Å². The summed E-state index contributed by atoms with van der Waals surface area (Å²) in [5.74, 6) is 3.07. The van der Waals surface area contributed by atoms with E-state index in [4.69, 9.17) is 0 Å². The Morgan fingerprint density at radius 2 is 1.63 bits per heavy atom. The van der Waals surface area contributed by atoms with E-state index in [1.165, 1.54) is 83.3 Å². The molecule has 0 bridgehead atoms. The summed E-state index contributed by atoms with van der Waals surface area (Å²) < 4.78 is 0. The Hall–Kier alpha value is -0.330. The summed E-state index contributed by atoms with van der Waals surface area (Å²) >= 11 is 0. The van der Waals surface area contributed by atoms with Gasteiger partial charge in [0.2, 0.25) is 0 Å². The quantitative estimate of drug-likeness (QED) is 0.589. The van der Waals surface area contributed by atoms with Crippen molar-refractivity contribution >= 4 is 6.29 Å². The Kier molecular flexibility index (Phi) is 6.40. The SMILES string of the molecule is CCCCC1CCC(CC2CCCCC2C=O)CC1. The highest BCUT2D eigenvalue weighted by molar-refractivity contribution is 5.54. The summed E-state index contributed by atoms with van der Waals surface area (Å²) in [7, 11) is 0. The van der Waals surface area contributed by atoms with Crippen molar-refractivity contribution in [2.45, 2.75) is 84.0 Å². The third kappa shape index (κ3) is 4.61. The fourth-order valence-corrected chi connectivity index (χ4v) is 4.38. The molecule has 0 heterocycles. The van der Waals surface area contributed by atoms with E-state index in [1.807, 2.05) is 0 Å². The van der Waals surface area contributed by atoms with Gasteiger partial charge in [-0.1, -0.05) is 64.7 Å². The fraction of sp³-hybridized carbons (Fsp3) is 0.944. The first-order valence-electron chi connectivity index (χ1n) is 8.78. The molecule has 0 aromatic heterocycles. The van der Waals surface area contributed by atoms with Gasteiger partial charge in [-0.25, -0.2) is 0 Å². The van der Waals surface area contributed by atoms with Crippen molar-refractivity contribution in [3.8, 4) is 0 Å². The van der Waals surface area contributed by atoms with Crippen LogP contribution in [0.3, 0.4) is 0 Å². The molecule has 0 amide bonds. The smallest absolute Gasteiger partial charge is 0.123 e. The zero-order valence-electron chi connectivity index (χ0n) is 12.8. The highest BCUT2D eigenvalue weighted by Crippen LogP contribution is 2.39. The molecule has 2 unspecified atom stereocenters. The lowest BCUT2D eigenvalue weighted by Gasteiger charge is -2.34. The van der Waals surface area contributed by atoms with Crippen LogP contribution < -0.4 is 0 Å². The highest BCUT2D eigenvalue weighted by atomic mass is 16.1. The van der Waals surface area contributed by atoms with Crippen LogP contribution in [0.4, 0.5) is 0 Å². The van der Waals surface area contributed by atoms with Crippen LogP contribution in [0.25, 0.3) is 0 Å². The molecule has 0 aromatic rings. The molecule has 2 fully saturated rings. The molecular weight excluding hydrogens is 232 g/mol. The minimum Gasteiger partial charge on any atom is -0.303 e. The zero-order chi connectivity index (χ0) is 13.5. The van der Waals surface area contributed by atoms with Crippen LogP contribution in [0.1, 0.15) is 84.0 Å². The first-order chi connectivity index (χ1) is 9.33. The summed E-state index contributed by atoms with van der Waals surface area (Å²) in [6.45, 7) is 2.30. The third-order valence-corrected chi connectivity index (χ3v) is 5.71. The first-order valence-corrected chi connectivity index (χ1v) is 8.78. The van der Waals surface area contributed by atoms with E-state index in [-0.39, 0.29) is 0 Å². The summed E-state index contributed by atoms with van der Waals surface area (Å²) in [5, 5.41) is 0. The number of hydrogen-bond donors (Lipinski definition) is 0. The number of unbranched alkanes of at least 4 members (excludes halogenated alkanes) is 1. The van der Waals surface area contributed by atoms with E-state index < -0.39 is 0 Å². The minimum atomic E-state index is 0.395. The maximum atomic E-state index is 11.2. The number of rotatable bonds is 6. The second kappa shape index (κ2) is 8.07. The van der Waals surface area contributed by atoms with Gasteiger partial charge in [0.15, 0.2) is 0 Å². The standard InChI is InChI=1S/C18H32O/c1-2-3-6-15-9-11-16(12-10-15)13-17-7-4-5-8-18(17)14-19/h14-18H,2-13H2,1H3. The first kappa shape index (κ1) is 15.1. The summed E-state index contributed by atoms with van der Waals surface area (Å²) in [5.41, 5.74) is 0. The number of aldehydes is 1. The zero-order valence-corrected chi connectivity index (χ0v) is 12.8. The molecule has 2 aliphatic rings. The topological polar surface area (TPSA) is 17.1 Å². The molecular formula is C18H32O. The van der Waals surface area contributed by atoms with Crippen LogP contribution in [0.15, 0.2) is 0 Å². The number of carbonyl (C=O) groups is 1. The highest BCUT2D eigenvalue weighted by Gasteiger charge is 2.29. The van der Waals surface area contributed by atoms with E-state index in [2.05, 4.69) is 6.92 Å². The molecule has 19 heavy (non-hydrogen) atoms. The molecule has 2 aliphatic carbocycles. The fourth-order valence-electron chi connectivity index (χ4n) is 4.38. The largest absolute Gasteiger partial charge is 0.303 e. The number of carbonyl (C=O) groups excluding carboxylic acids is 1. The molecule has 0 spiro atoms. The van der Waals surface area contributed by atoms with Crippen molar-refractivity contribution < 1.29 is 4.79 Å². The lowest BCUT2D eigenvalue weighted by Crippen LogP contribution is -2.25. The summed E-state index contributed by atoms with van der Waals surface area (Å²) in [6.07, 6.45) is 17.8. The number of hydrogen-bond acceptors (Lipinski definition) is 1. The van der Waals surface area contributed by atoms with Crippen LogP contribution in [0.2, 0.25) is 0 Å². The Bertz CT molecular complexity index is 252. The second-order valence-corrected chi connectivity index (χ2v) is 7.11. The molecule has 1 nitrogen and oxygen atoms in total. The van der Waals surface area contributed by atoms with Gasteiger partial charge in [-0.3, -0.25) is 0 Å². The van der Waals surface area contributed by atoms with Gasteiger partial charge in [0.1, 0.15) is 6.29 Å². The van der Waals surface area contributed by atoms with E-state index in [0.29, 0.717) is 5.92 Å². The van der Waals surface area contributed by atoms with Gasteiger partial charge in [0.25, 0.3) is 0 Å². The lowest BCUT2D eigenvalue weighted by molar-refractivity contribution is -0.113. The Balaban J connectivity index is 1.71. The third-order valence-electron chi connectivity index (χ3n) is 5.71. The molecule has 1 heteroatoms. The predicted molar refractivity (Wildman–Crippen MR) is 81.1 cm³/mol. The molecule has 110 valence electrons. The summed E-state index contributed by atoms with van der Waals surface area (Å²) in [4.78, 5) is 11.2. The van der Waals surface area contributed by atoms with Crippen LogP contribution >= 0.6 is 0 Å². The van der Waals surface area contributed by atoms with Gasteiger partial charge in [0, 0.05) is 5.92 Å². The van der Waals surface area contributed by atoms with Gasteiger partial charge in [-0.2, -0.15) is 0 Å². The van der Waals surface area contributed by atoms with E-state index >= 15 is 0 Å². The Labute approximate surface area is 119 Å². The molecule has 0 saturated heterocycles. The molecule has 2 atom stereocenters. The normalized spacial score (nSPS) is 36.1. The van der Waals surface area contributed by atoms with E-state index in [0.717, 1.165) is 17.8 Å². The molecule has 0 aliphatic heterocycles. The van der Waals surface area contributed by atoms with E-state index in [1.54, 1.807) is 0 Å².